The molecule has 3 N–H and O–H groups in total. The number of halogens is 4. The quantitative estimate of drug-likeness (QED) is 0.332. The molecule has 2 amide bonds. The molecule has 0 fully saturated rings. The van der Waals surface area contributed by atoms with Gasteiger partial charge < -0.3 is 16.0 Å². The Bertz CT molecular complexity index is 1050. The highest BCUT2D eigenvalue weighted by Gasteiger charge is 2.32. The maximum Gasteiger partial charge on any atom is 0.348 e. The number of allylic oxidation sites excluding steroid dienone is 2. The molecule has 2 aromatic heterocycles. The molecule has 0 bridgehead atoms. The van der Waals surface area contributed by atoms with Crippen LogP contribution in [0.5, 0.6) is 0 Å². The summed E-state index contributed by atoms with van der Waals surface area (Å²) in [7, 11) is 0. The number of carbonyl (C=O) groups is 1. The Morgan fingerprint density at radius 3 is 2.67 bits per heavy atom. The van der Waals surface area contributed by atoms with Crippen molar-refractivity contribution in [2.75, 3.05) is 5.32 Å². The van der Waals surface area contributed by atoms with Gasteiger partial charge in [0.1, 0.15) is 5.15 Å². The van der Waals surface area contributed by atoms with Crippen LogP contribution in [0.2, 0.25) is 5.15 Å². The molecule has 1 atom stereocenters. The summed E-state index contributed by atoms with van der Waals surface area (Å²) in [5, 5.41) is 6.40. The lowest BCUT2D eigenvalue weighted by atomic mass is 10.0. The second-order valence-electron chi connectivity index (χ2n) is 6.84. The van der Waals surface area contributed by atoms with Gasteiger partial charge >= 0.3 is 12.6 Å². The number of hydrogen-bond donors (Lipinski definition) is 3. The van der Waals surface area contributed by atoms with Gasteiger partial charge in [-0.05, 0) is 37.1 Å². The van der Waals surface area contributed by atoms with Crippen LogP contribution in [0.4, 0.5) is 19.3 Å². The zero-order valence-electron chi connectivity index (χ0n) is 16.3. The molecule has 7 nitrogen and oxygen atoms in total. The van der Waals surface area contributed by atoms with E-state index in [2.05, 4.69) is 30.7 Å². The molecular weight excluding hydrogens is 439 g/mol. The number of urea groups is 1. The predicted molar refractivity (Wildman–Crippen MR) is 111 cm³/mol. The molecule has 0 saturated carbocycles. The number of hydrogen-bond acceptors (Lipinski definition) is 5. The summed E-state index contributed by atoms with van der Waals surface area (Å²) >= 11 is 12.0. The van der Waals surface area contributed by atoms with E-state index in [4.69, 9.17) is 23.2 Å². The van der Waals surface area contributed by atoms with Gasteiger partial charge in [0.15, 0.2) is 0 Å². The number of dihydropyridines is 1. The number of ether oxygens (including phenoxy) is 1. The van der Waals surface area contributed by atoms with Crippen LogP contribution in [0.3, 0.4) is 0 Å². The Morgan fingerprint density at radius 2 is 2.03 bits per heavy atom. The second kappa shape index (κ2) is 8.71. The zero-order chi connectivity index (χ0) is 22.1. The molecule has 0 spiro atoms. The third-order valence-electron chi connectivity index (χ3n) is 4.28. The number of aromatic nitrogens is 2. The number of fused-ring (bicyclic) bond motifs is 1. The van der Waals surface area contributed by atoms with Gasteiger partial charge in [0.25, 0.3) is 0 Å². The molecular formula is C19H19Cl2F2N5O2. The summed E-state index contributed by atoms with van der Waals surface area (Å²) in [5.41, 5.74) is 3.19. The fourth-order valence-corrected chi connectivity index (χ4v) is 3.46. The van der Waals surface area contributed by atoms with Crippen molar-refractivity contribution in [3.63, 3.8) is 0 Å². The largest absolute Gasteiger partial charge is 0.348 e. The van der Waals surface area contributed by atoms with E-state index in [9.17, 15) is 13.6 Å². The van der Waals surface area contributed by atoms with Crippen LogP contribution in [-0.2, 0) is 4.74 Å². The minimum Gasteiger partial charge on any atom is -0.343 e. The fraction of sp³-hybridized carbons (Fsp3) is 0.316. The maximum atomic E-state index is 12.6. The fourth-order valence-electron chi connectivity index (χ4n) is 3.04. The molecule has 1 aliphatic heterocycles. The molecule has 2 aromatic rings. The standard InChI is InChI=1S/C19H19Cl2F2N5O2/c1-9(2)15-13(8-24-12-4-5-14(20)27-16(12)15)26-18(29)25-11-6-7-19(21,28-10(11)3)30-17(22)23/h4-9,17,28H,1-3H3,(H2,25,26,29). The topological polar surface area (TPSA) is 88.2 Å². The first kappa shape index (κ1) is 22.2. The third kappa shape index (κ3) is 4.97. The van der Waals surface area contributed by atoms with Crippen LogP contribution >= 0.6 is 23.2 Å². The molecule has 3 heterocycles. The first-order valence-electron chi connectivity index (χ1n) is 8.94. The van der Waals surface area contributed by atoms with Gasteiger partial charge in [-0.3, -0.25) is 9.72 Å². The highest BCUT2D eigenvalue weighted by atomic mass is 35.5. The van der Waals surface area contributed by atoms with Gasteiger partial charge in [0, 0.05) is 11.3 Å². The Hall–Kier alpha value is -2.49. The average Bonchev–Trinajstić information content (AvgIpc) is 2.62. The van der Waals surface area contributed by atoms with Gasteiger partial charge in [0.05, 0.1) is 28.6 Å². The lowest BCUT2D eigenvalue weighted by molar-refractivity contribution is -0.171. The molecule has 0 aliphatic carbocycles. The number of alkyl halides is 3. The first-order valence-corrected chi connectivity index (χ1v) is 9.70. The van der Waals surface area contributed by atoms with E-state index >= 15 is 0 Å². The summed E-state index contributed by atoms with van der Waals surface area (Å²) in [6.07, 6.45) is 4.10. The number of rotatable bonds is 5. The van der Waals surface area contributed by atoms with Crippen molar-refractivity contribution < 1.29 is 18.3 Å². The van der Waals surface area contributed by atoms with Crippen molar-refractivity contribution in [2.45, 2.75) is 38.5 Å². The Labute approximate surface area is 181 Å². The van der Waals surface area contributed by atoms with Crippen molar-refractivity contribution in [1.29, 1.82) is 0 Å². The number of nitrogens with one attached hydrogen (secondary N) is 3. The number of nitrogens with zero attached hydrogens (tertiary/aromatic N) is 2. The van der Waals surface area contributed by atoms with Crippen LogP contribution in [0.15, 0.2) is 41.9 Å². The minimum absolute atomic E-state index is 0.0253. The lowest BCUT2D eigenvalue weighted by Gasteiger charge is -2.30. The van der Waals surface area contributed by atoms with Crippen LogP contribution in [0.25, 0.3) is 11.0 Å². The minimum atomic E-state index is -3.07. The summed E-state index contributed by atoms with van der Waals surface area (Å²) < 4.78 is 29.3. The van der Waals surface area contributed by atoms with E-state index in [0.29, 0.717) is 33.3 Å². The molecule has 3 rings (SSSR count). The lowest BCUT2D eigenvalue weighted by Crippen LogP contribution is -2.45. The second-order valence-corrected chi connectivity index (χ2v) is 7.79. The van der Waals surface area contributed by atoms with Gasteiger partial charge in [-0.15, -0.1) is 0 Å². The van der Waals surface area contributed by atoms with E-state index in [1.54, 1.807) is 25.3 Å². The third-order valence-corrected chi connectivity index (χ3v) is 4.80. The van der Waals surface area contributed by atoms with E-state index in [-0.39, 0.29) is 5.92 Å². The summed E-state index contributed by atoms with van der Waals surface area (Å²) in [6, 6.07) is 2.85. The molecule has 11 heteroatoms. The van der Waals surface area contributed by atoms with Gasteiger partial charge in [-0.2, -0.15) is 8.78 Å². The maximum absolute atomic E-state index is 12.6. The monoisotopic (exact) mass is 457 g/mol. The smallest absolute Gasteiger partial charge is 0.343 e. The van der Waals surface area contributed by atoms with Crippen LogP contribution in [-0.4, -0.2) is 27.8 Å². The number of carbonyl (C=O) groups excluding carboxylic acids is 1. The van der Waals surface area contributed by atoms with E-state index < -0.39 is 17.8 Å². The summed E-state index contributed by atoms with van der Waals surface area (Å²) in [5.74, 6) is 0.0253. The molecule has 0 saturated heterocycles. The molecule has 160 valence electrons. The van der Waals surface area contributed by atoms with Gasteiger partial charge in [-0.25, -0.2) is 9.78 Å². The van der Waals surface area contributed by atoms with Crippen molar-refractivity contribution in [1.82, 2.24) is 20.6 Å². The Balaban J connectivity index is 1.80. The van der Waals surface area contributed by atoms with Crippen molar-refractivity contribution in [3.05, 3.63) is 52.6 Å². The summed E-state index contributed by atoms with van der Waals surface area (Å²) in [4.78, 5) is 21.2. The highest BCUT2D eigenvalue weighted by Crippen LogP contribution is 2.31. The van der Waals surface area contributed by atoms with E-state index in [0.717, 1.165) is 5.56 Å². The van der Waals surface area contributed by atoms with Gasteiger partial charge in [0.2, 0.25) is 5.18 Å². The molecule has 1 unspecified atom stereocenters. The Morgan fingerprint density at radius 1 is 1.30 bits per heavy atom. The van der Waals surface area contributed by atoms with E-state index in [1.165, 1.54) is 12.2 Å². The van der Waals surface area contributed by atoms with Crippen LogP contribution in [0.1, 0.15) is 32.3 Å². The normalized spacial score (nSPS) is 18.8. The van der Waals surface area contributed by atoms with Crippen molar-refractivity contribution >= 4 is 46.0 Å². The number of amides is 2. The van der Waals surface area contributed by atoms with Crippen molar-refractivity contribution in [2.24, 2.45) is 0 Å². The number of pyridine rings is 2. The predicted octanol–water partition coefficient (Wildman–Crippen LogP) is 5.05. The summed E-state index contributed by atoms with van der Waals surface area (Å²) in [6.45, 7) is 2.42. The number of anilines is 1. The molecule has 1 aliphatic rings. The van der Waals surface area contributed by atoms with Gasteiger partial charge in [-0.1, -0.05) is 37.0 Å². The average molecular weight is 458 g/mol. The molecule has 30 heavy (non-hydrogen) atoms. The van der Waals surface area contributed by atoms with Crippen LogP contribution in [0, 0.1) is 0 Å². The SMILES string of the molecule is CC1=C(NC(=O)Nc2cnc3ccc(Cl)nc3c2C(C)C)C=CC(Cl)(OC(F)F)N1. The zero-order valence-corrected chi connectivity index (χ0v) is 17.8. The highest BCUT2D eigenvalue weighted by molar-refractivity contribution is 6.29. The molecule has 0 aromatic carbocycles. The van der Waals surface area contributed by atoms with Crippen LogP contribution < -0.4 is 16.0 Å². The first-order chi connectivity index (χ1) is 14.1. The molecule has 0 radical (unpaired) electrons. The van der Waals surface area contributed by atoms with E-state index in [1.807, 2.05) is 13.8 Å². The Kier molecular flexibility index (Phi) is 6.44. The van der Waals surface area contributed by atoms with Crippen molar-refractivity contribution in [3.8, 4) is 0 Å².